The zero-order valence-corrected chi connectivity index (χ0v) is 11.6. The van der Waals surface area contributed by atoms with E-state index in [9.17, 15) is 0 Å². The van der Waals surface area contributed by atoms with Crippen LogP contribution < -0.4 is 0 Å². The fourth-order valence-electron chi connectivity index (χ4n) is 1.33. The molecule has 0 aromatic rings. The summed E-state index contributed by atoms with van der Waals surface area (Å²) in [5, 5.41) is 0. The van der Waals surface area contributed by atoms with Gasteiger partial charge in [0.05, 0.1) is 0 Å². The van der Waals surface area contributed by atoms with Crippen LogP contribution in [0.15, 0.2) is 0 Å². The average Bonchev–Trinajstić information content (AvgIpc) is 1.81. The Balaban J connectivity index is 3.71. The van der Waals surface area contributed by atoms with E-state index in [2.05, 4.69) is 40.0 Å². The van der Waals surface area contributed by atoms with E-state index in [4.69, 9.17) is 4.12 Å². The Kier molecular flexibility index (Phi) is 5.36. The molecule has 0 bridgehead atoms. The summed E-state index contributed by atoms with van der Waals surface area (Å²) in [4.78, 5) is 0. The first-order chi connectivity index (χ1) is 5.33. The van der Waals surface area contributed by atoms with Gasteiger partial charge in [-0.05, 0) is 38.2 Å². The quantitative estimate of drug-likeness (QED) is 0.625. The summed E-state index contributed by atoms with van der Waals surface area (Å²) in [6.45, 7) is 13.8. The molecule has 0 radical (unpaired) electrons. The van der Waals surface area contributed by atoms with Crippen molar-refractivity contribution >= 4 is 17.4 Å². The molecule has 0 aliphatic rings. The highest BCUT2D eigenvalue weighted by molar-refractivity contribution is 6.77. The number of hydrogen-bond acceptors (Lipinski definition) is 1. The molecule has 0 spiro atoms. The lowest BCUT2D eigenvalue weighted by molar-refractivity contribution is 0.541. The van der Waals surface area contributed by atoms with E-state index < -0.39 is 17.4 Å². The number of rotatable bonds is 5. The van der Waals surface area contributed by atoms with Crippen molar-refractivity contribution in [2.45, 2.75) is 52.5 Å². The maximum atomic E-state index is 6.07. The Morgan fingerprint density at radius 2 is 1.75 bits per heavy atom. The molecule has 0 rings (SSSR count). The molecular weight excluding hydrogens is 180 g/mol. The Morgan fingerprint density at radius 3 is 2.08 bits per heavy atom. The summed E-state index contributed by atoms with van der Waals surface area (Å²) >= 11 is 0. The second-order valence-corrected chi connectivity index (χ2v) is 11.9. The molecule has 0 atom stereocenters. The first-order valence-electron chi connectivity index (χ1n) is 5.01. The van der Waals surface area contributed by atoms with E-state index in [-0.39, 0.29) is 0 Å². The Morgan fingerprint density at radius 1 is 1.25 bits per heavy atom. The van der Waals surface area contributed by atoms with Gasteiger partial charge in [-0.25, -0.2) is 0 Å². The van der Waals surface area contributed by atoms with Gasteiger partial charge in [0.1, 0.15) is 0 Å². The second kappa shape index (κ2) is 5.19. The van der Waals surface area contributed by atoms with Crippen LogP contribution in [0, 0.1) is 5.92 Å². The van der Waals surface area contributed by atoms with Crippen LogP contribution in [0.5, 0.6) is 0 Å². The van der Waals surface area contributed by atoms with Gasteiger partial charge in [-0.15, -0.1) is 0 Å². The standard InChI is InChI=1S/C9H24OSi2/c1-9(2)7-8-12(5,6)10-11(3)4/h9,11H,7-8H2,1-6H3. The van der Waals surface area contributed by atoms with Crippen molar-refractivity contribution in [1.82, 2.24) is 0 Å². The minimum absolute atomic E-state index is 0.797. The lowest BCUT2D eigenvalue weighted by Crippen LogP contribution is -2.35. The van der Waals surface area contributed by atoms with E-state index in [1.54, 1.807) is 0 Å². The zero-order valence-electron chi connectivity index (χ0n) is 9.48. The van der Waals surface area contributed by atoms with E-state index in [1.807, 2.05) is 0 Å². The second-order valence-electron chi connectivity index (χ2n) is 4.86. The van der Waals surface area contributed by atoms with E-state index >= 15 is 0 Å². The smallest absolute Gasteiger partial charge is 0.173 e. The molecule has 0 unspecified atom stereocenters. The van der Waals surface area contributed by atoms with Gasteiger partial charge in [0.25, 0.3) is 0 Å². The molecule has 0 heterocycles. The molecular formula is C9H24OSi2. The molecule has 0 aliphatic heterocycles. The first-order valence-corrected chi connectivity index (χ1v) is 10.9. The molecule has 0 fully saturated rings. The maximum absolute atomic E-state index is 6.07. The minimum Gasteiger partial charge on any atom is -0.458 e. The Bertz CT molecular complexity index is 122. The predicted octanol–water partition coefficient (Wildman–Crippen LogP) is 3.24. The first kappa shape index (κ1) is 12.4. The molecule has 0 N–H and O–H groups in total. The van der Waals surface area contributed by atoms with Crippen molar-refractivity contribution in [1.29, 1.82) is 0 Å². The molecule has 0 saturated carbocycles. The van der Waals surface area contributed by atoms with Gasteiger partial charge in [0.2, 0.25) is 0 Å². The highest BCUT2D eigenvalue weighted by Crippen LogP contribution is 2.18. The van der Waals surface area contributed by atoms with Crippen molar-refractivity contribution in [2.24, 2.45) is 5.92 Å². The molecule has 0 amide bonds. The van der Waals surface area contributed by atoms with Crippen LogP contribution in [0.4, 0.5) is 0 Å². The molecule has 0 saturated heterocycles. The molecule has 12 heavy (non-hydrogen) atoms. The summed E-state index contributed by atoms with van der Waals surface area (Å²) in [6.07, 6.45) is 1.33. The minimum atomic E-state index is -1.27. The third-order valence-electron chi connectivity index (χ3n) is 1.88. The summed E-state index contributed by atoms with van der Waals surface area (Å²) < 4.78 is 6.07. The van der Waals surface area contributed by atoms with Gasteiger partial charge in [0.15, 0.2) is 17.4 Å². The highest BCUT2D eigenvalue weighted by Gasteiger charge is 2.23. The summed E-state index contributed by atoms with van der Waals surface area (Å²) in [7, 11) is -2.06. The van der Waals surface area contributed by atoms with Gasteiger partial charge < -0.3 is 4.12 Å². The number of hydrogen-bond donors (Lipinski definition) is 0. The van der Waals surface area contributed by atoms with Gasteiger partial charge in [-0.3, -0.25) is 0 Å². The fraction of sp³-hybridized carbons (Fsp3) is 1.00. The van der Waals surface area contributed by atoms with E-state index in [1.165, 1.54) is 12.5 Å². The summed E-state index contributed by atoms with van der Waals surface area (Å²) in [5.74, 6) is 0.828. The van der Waals surface area contributed by atoms with Crippen LogP contribution in [0.2, 0.25) is 32.2 Å². The molecule has 3 heteroatoms. The third kappa shape index (κ3) is 7.07. The van der Waals surface area contributed by atoms with Crippen molar-refractivity contribution in [3.05, 3.63) is 0 Å². The third-order valence-corrected chi connectivity index (χ3v) is 7.81. The van der Waals surface area contributed by atoms with Gasteiger partial charge in [-0.1, -0.05) is 20.3 Å². The largest absolute Gasteiger partial charge is 0.458 e. The van der Waals surface area contributed by atoms with E-state index in [0.717, 1.165) is 5.92 Å². The summed E-state index contributed by atoms with van der Waals surface area (Å²) in [6, 6.07) is 1.33. The fourth-order valence-corrected chi connectivity index (χ4v) is 8.18. The monoisotopic (exact) mass is 204 g/mol. The van der Waals surface area contributed by atoms with Crippen molar-refractivity contribution < 1.29 is 4.12 Å². The molecule has 0 aromatic carbocycles. The van der Waals surface area contributed by atoms with Gasteiger partial charge >= 0.3 is 0 Å². The zero-order chi connectivity index (χ0) is 9.78. The lowest BCUT2D eigenvalue weighted by atomic mass is 10.2. The average molecular weight is 204 g/mol. The highest BCUT2D eigenvalue weighted by atomic mass is 28.4. The molecule has 1 nitrogen and oxygen atoms in total. The van der Waals surface area contributed by atoms with Crippen LogP contribution in [-0.4, -0.2) is 17.4 Å². The predicted molar refractivity (Wildman–Crippen MR) is 61.7 cm³/mol. The summed E-state index contributed by atoms with van der Waals surface area (Å²) in [5.41, 5.74) is 0. The van der Waals surface area contributed by atoms with Crippen LogP contribution >= 0.6 is 0 Å². The van der Waals surface area contributed by atoms with Crippen LogP contribution in [0.25, 0.3) is 0 Å². The van der Waals surface area contributed by atoms with Crippen LogP contribution in [0.3, 0.4) is 0 Å². The molecule has 74 valence electrons. The van der Waals surface area contributed by atoms with Crippen molar-refractivity contribution in [3.8, 4) is 0 Å². The van der Waals surface area contributed by atoms with Gasteiger partial charge in [0, 0.05) is 0 Å². The molecule has 0 aromatic heterocycles. The Labute approximate surface area is 80.4 Å². The van der Waals surface area contributed by atoms with E-state index in [0.29, 0.717) is 0 Å². The van der Waals surface area contributed by atoms with Crippen molar-refractivity contribution in [3.63, 3.8) is 0 Å². The SMILES string of the molecule is CC(C)CC[Si](C)(C)O[SiH](C)C. The molecule has 0 aliphatic carbocycles. The normalized spacial score (nSPS) is 13.0. The van der Waals surface area contributed by atoms with Crippen molar-refractivity contribution in [2.75, 3.05) is 0 Å². The van der Waals surface area contributed by atoms with Crippen LogP contribution in [-0.2, 0) is 4.12 Å². The van der Waals surface area contributed by atoms with Crippen LogP contribution in [0.1, 0.15) is 20.3 Å². The van der Waals surface area contributed by atoms with Gasteiger partial charge in [-0.2, -0.15) is 0 Å². The topological polar surface area (TPSA) is 9.23 Å². The maximum Gasteiger partial charge on any atom is 0.173 e. The Hall–Kier alpha value is 0.394. The lowest BCUT2D eigenvalue weighted by Gasteiger charge is -2.26.